The van der Waals surface area contributed by atoms with Crippen LogP contribution in [0, 0.1) is 5.92 Å². The minimum absolute atomic E-state index is 0.0142. The minimum atomic E-state index is -3.78. The third-order valence-corrected chi connectivity index (χ3v) is 8.98. The summed E-state index contributed by atoms with van der Waals surface area (Å²) in [5.74, 6) is -0.00774. The number of carbonyl (C=O) groups excluding carboxylic acids is 1. The molecule has 4 heterocycles. The normalized spacial score (nSPS) is 32.9. The summed E-state index contributed by atoms with van der Waals surface area (Å²) in [6.45, 7) is 5.70. The fourth-order valence-corrected chi connectivity index (χ4v) is 7.25. The van der Waals surface area contributed by atoms with E-state index in [2.05, 4.69) is 20.0 Å². The Bertz CT molecular complexity index is 1210. The number of fused-ring (bicyclic) bond motifs is 2. The molecule has 3 fully saturated rings. The first-order valence-corrected chi connectivity index (χ1v) is 14.4. The summed E-state index contributed by atoms with van der Waals surface area (Å²) in [6, 6.07) is -0.471. The van der Waals surface area contributed by atoms with Crippen LogP contribution in [0.15, 0.2) is 6.33 Å². The lowest BCUT2D eigenvalue weighted by molar-refractivity contribution is -0.148. The molecular formula is C22H32ClN6O7P. The molecule has 0 spiro atoms. The van der Waals surface area contributed by atoms with Crippen molar-refractivity contribution >= 4 is 42.4 Å². The van der Waals surface area contributed by atoms with Gasteiger partial charge in [-0.05, 0) is 33.6 Å². The van der Waals surface area contributed by atoms with E-state index in [4.69, 9.17) is 40.6 Å². The van der Waals surface area contributed by atoms with E-state index in [0.717, 1.165) is 25.7 Å². The summed E-state index contributed by atoms with van der Waals surface area (Å²) in [6.07, 6.45) is 3.11. The molecule has 0 radical (unpaired) electrons. The molecule has 5 rings (SSSR count). The van der Waals surface area contributed by atoms with Crippen molar-refractivity contribution < 1.29 is 32.6 Å². The Labute approximate surface area is 219 Å². The van der Waals surface area contributed by atoms with Gasteiger partial charge in [-0.3, -0.25) is 18.4 Å². The number of ether oxygens (including phenoxy) is 3. The molecule has 2 aromatic rings. The summed E-state index contributed by atoms with van der Waals surface area (Å²) in [5.41, 5.74) is 6.68. The summed E-state index contributed by atoms with van der Waals surface area (Å²) in [5, 5.41) is 2.85. The van der Waals surface area contributed by atoms with Gasteiger partial charge in [0.05, 0.1) is 25.5 Å². The van der Waals surface area contributed by atoms with E-state index in [1.54, 1.807) is 18.4 Å². The molecule has 2 unspecified atom stereocenters. The Morgan fingerprint density at radius 1 is 1.41 bits per heavy atom. The van der Waals surface area contributed by atoms with Crippen LogP contribution in [0.2, 0.25) is 0 Å². The second kappa shape index (κ2) is 10.3. The van der Waals surface area contributed by atoms with Crippen molar-refractivity contribution in [2.45, 2.75) is 75.8 Å². The first kappa shape index (κ1) is 26.6. The number of aromatic nitrogens is 4. The van der Waals surface area contributed by atoms with E-state index in [-0.39, 0.29) is 36.9 Å². The number of hydrogen-bond acceptors (Lipinski definition) is 11. The number of hydrogen-bond donors (Lipinski definition) is 2. The van der Waals surface area contributed by atoms with Crippen LogP contribution >= 0.6 is 19.3 Å². The molecule has 3 aliphatic rings. The van der Waals surface area contributed by atoms with Gasteiger partial charge < -0.3 is 19.9 Å². The Hall–Kier alpha value is -2.02. The van der Waals surface area contributed by atoms with Gasteiger partial charge in [0, 0.05) is 6.04 Å². The molecule has 0 aromatic carbocycles. The number of anilines is 1. The molecule has 0 amide bonds. The average Bonchev–Trinajstić information content (AvgIpc) is 3.57. The van der Waals surface area contributed by atoms with E-state index >= 15 is 0 Å². The molecule has 15 heteroatoms. The Morgan fingerprint density at radius 3 is 2.89 bits per heavy atom. The fraction of sp³-hybridized carbons (Fsp3) is 0.727. The van der Waals surface area contributed by atoms with Gasteiger partial charge in [-0.2, -0.15) is 9.97 Å². The van der Waals surface area contributed by atoms with Gasteiger partial charge >= 0.3 is 13.7 Å². The van der Waals surface area contributed by atoms with Gasteiger partial charge in [0.1, 0.15) is 23.7 Å². The number of nitrogen functional groups attached to an aromatic ring is 1. The van der Waals surface area contributed by atoms with E-state index in [1.165, 1.54) is 6.33 Å². The Morgan fingerprint density at radius 2 is 2.16 bits per heavy atom. The van der Waals surface area contributed by atoms with Gasteiger partial charge in [0.25, 0.3) is 0 Å². The molecule has 3 N–H and O–H groups in total. The van der Waals surface area contributed by atoms with E-state index < -0.39 is 37.1 Å². The van der Waals surface area contributed by atoms with Crippen LogP contribution in [0.4, 0.5) is 5.95 Å². The topological polar surface area (TPSA) is 162 Å². The van der Waals surface area contributed by atoms with Crippen molar-refractivity contribution in [3.8, 4) is 5.88 Å². The van der Waals surface area contributed by atoms with Crippen molar-refractivity contribution in [3.63, 3.8) is 0 Å². The van der Waals surface area contributed by atoms with E-state index in [9.17, 15) is 9.36 Å². The number of alkyl halides is 1. The molecule has 13 nitrogen and oxygen atoms in total. The quantitative estimate of drug-likeness (QED) is 0.277. The van der Waals surface area contributed by atoms with Crippen LogP contribution in [0.1, 0.15) is 52.7 Å². The zero-order chi connectivity index (χ0) is 26.4. The summed E-state index contributed by atoms with van der Waals surface area (Å²) in [7, 11) is -3.78. The predicted molar refractivity (Wildman–Crippen MR) is 133 cm³/mol. The SMILES string of the molecule is CCOc1nc(N)nc2c1ncn2[C@@H]1O[C@@H]2COP(=O)(NC(C)COC(=O)C3CCCC3)O[C@H]2[C@@]1(C)Cl. The highest BCUT2D eigenvalue weighted by molar-refractivity contribution is 7.51. The van der Waals surface area contributed by atoms with Crippen molar-refractivity contribution in [2.75, 3.05) is 25.6 Å². The lowest BCUT2D eigenvalue weighted by atomic mass is 10.0. The number of nitrogens with zero attached hydrogens (tertiary/aromatic N) is 4. The maximum atomic E-state index is 13.5. The highest BCUT2D eigenvalue weighted by Crippen LogP contribution is 2.57. The van der Waals surface area contributed by atoms with Crippen molar-refractivity contribution in [1.82, 2.24) is 24.6 Å². The molecule has 0 bridgehead atoms. The number of nitrogens with one attached hydrogen (secondary N) is 1. The van der Waals surface area contributed by atoms with Crippen LogP contribution in [0.5, 0.6) is 5.88 Å². The molecule has 2 aliphatic heterocycles. The van der Waals surface area contributed by atoms with Gasteiger partial charge in [-0.1, -0.05) is 12.8 Å². The maximum Gasteiger partial charge on any atom is 0.406 e. The highest BCUT2D eigenvalue weighted by Gasteiger charge is 2.60. The molecule has 204 valence electrons. The number of halogens is 1. The van der Waals surface area contributed by atoms with Crippen molar-refractivity contribution in [2.24, 2.45) is 5.92 Å². The summed E-state index contributed by atoms with van der Waals surface area (Å²) < 4.78 is 43.8. The lowest BCUT2D eigenvalue weighted by Gasteiger charge is -2.36. The number of esters is 1. The predicted octanol–water partition coefficient (Wildman–Crippen LogP) is 2.94. The van der Waals surface area contributed by atoms with Crippen molar-refractivity contribution in [3.05, 3.63) is 6.33 Å². The average molecular weight is 559 g/mol. The summed E-state index contributed by atoms with van der Waals surface area (Å²) in [4.78, 5) is 23.8. The summed E-state index contributed by atoms with van der Waals surface area (Å²) >= 11 is 7.00. The van der Waals surface area contributed by atoms with E-state index in [0.29, 0.717) is 17.8 Å². The maximum absolute atomic E-state index is 13.5. The number of carbonyl (C=O) groups is 1. The molecular weight excluding hydrogens is 527 g/mol. The van der Waals surface area contributed by atoms with Gasteiger partial charge in [0.15, 0.2) is 17.4 Å². The van der Waals surface area contributed by atoms with Crippen LogP contribution in [-0.4, -0.2) is 68.4 Å². The zero-order valence-corrected chi connectivity index (χ0v) is 22.6. The Balaban J connectivity index is 1.29. The third-order valence-electron chi connectivity index (χ3n) is 6.82. The molecule has 1 saturated carbocycles. The van der Waals surface area contributed by atoms with Crippen LogP contribution in [-0.2, 0) is 27.9 Å². The fourth-order valence-electron chi connectivity index (χ4n) is 5.04. The second-order valence-electron chi connectivity index (χ2n) is 9.78. The highest BCUT2D eigenvalue weighted by atomic mass is 35.5. The van der Waals surface area contributed by atoms with Crippen LogP contribution < -0.4 is 15.6 Å². The zero-order valence-electron chi connectivity index (χ0n) is 21.0. The molecule has 1 aliphatic carbocycles. The molecule has 37 heavy (non-hydrogen) atoms. The van der Waals surface area contributed by atoms with Gasteiger partial charge in [-0.15, -0.1) is 11.6 Å². The standard InChI is InChI=1S/C22H32ClN6O7P/c1-4-32-18-15-17(26-21(24)27-18)29(11-25-15)20-22(3,23)16-14(35-20)10-34-37(31,36-16)28-12(2)9-33-19(30)13-7-5-6-8-13/h11-14,16,20H,4-10H2,1-3H3,(H,28,31)(H2,24,26,27)/t12?,14-,16-,20-,22-,37?/m1/s1. The first-order chi connectivity index (χ1) is 17.6. The number of imidazole rings is 1. The second-order valence-corrected chi connectivity index (χ2v) is 12.3. The largest absolute Gasteiger partial charge is 0.476 e. The molecule has 2 aromatic heterocycles. The number of rotatable bonds is 8. The smallest absolute Gasteiger partial charge is 0.406 e. The molecule has 6 atom stereocenters. The minimum Gasteiger partial charge on any atom is -0.476 e. The lowest BCUT2D eigenvalue weighted by Crippen LogP contribution is -2.46. The van der Waals surface area contributed by atoms with Gasteiger partial charge in [-0.25, -0.2) is 14.6 Å². The van der Waals surface area contributed by atoms with Crippen LogP contribution in [0.25, 0.3) is 11.2 Å². The Kier molecular flexibility index (Phi) is 7.38. The number of nitrogens with two attached hydrogens (primary N) is 1. The van der Waals surface area contributed by atoms with Gasteiger partial charge in [0.2, 0.25) is 11.8 Å². The van der Waals surface area contributed by atoms with E-state index in [1.807, 2.05) is 6.92 Å². The molecule has 2 saturated heterocycles. The first-order valence-electron chi connectivity index (χ1n) is 12.5. The third kappa shape index (κ3) is 5.17. The van der Waals surface area contributed by atoms with Crippen LogP contribution in [0.3, 0.4) is 0 Å². The van der Waals surface area contributed by atoms with Crippen molar-refractivity contribution in [1.29, 1.82) is 0 Å². The monoisotopic (exact) mass is 558 g/mol.